The van der Waals surface area contributed by atoms with Crippen LogP contribution in [0.3, 0.4) is 0 Å². The molecule has 0 aliphatic carbocycles. The van der Waals surface area contributed by atoms with Crippen LogP contribution in [0.5, 0.6) is 5.75 Å². The lowest BCUT2D eigenvalue weighted by Gasteiger charge is -2.06. The number of para-hydroxylation sites is 1. The Morgan fingerprint density at radius 1 is 1.50 bits per heavy atom. The van der Waals surface area contributed by atoms with Gasteiger partial charge in [-0.3, -0.25) is 10.1 Å². The van der Waals surface area contributed by atoms with Crippen LogP contribution in [0.4, 0.5) is 14.5 Å². The van der Waals surface area contributed by atoms with Crippen molar-refractivity contribution in [3.63, 3.8) is 0 Å². The van der Waals surface area contributed by atoms with E-state index in [1.807, 2.05) is 0 Å². The van der Waals surface area contributed by atoms with Crippen molar-refractivity contribution in [2.45, 2.75) is 6.61 Å². The number of nitro benzene ring substituents is 1. The first-order valence-electron chi connectivity index (χ1n) is 3.40. The van der Waals surface area contributed by atoms with Crippen molar-refractivity contribution in [1.82, 2.24) is 0 Å². The van der Waals surface area contributed by atoms with E-state index in [0.717, 1.165) is 6.07 Å². The summed E-state index contributed by atoms with van der Waals surface area (Å²) in [5, 5.41) is 10.4. The average molecular weight is 268 g/mol. The van der Waals surface area contributed by atoms with Crippen LogP contribution in [-0.4, -0.2) is 11.5 Å². The van der Waals surface area contributed by atoms with Gasteiger partial charge in [0.15, 0.2) is 0 Å². The second kappa shape index (κ2) is 4.32. The molecule has 0 aromatic heterocycles. The maximum atomic E-state index is 11.9. The smallest absolute Gasteiger partial charge is 0.387 e. The molecule has 0 saturated carbocycles. The summed E-state index contributed by atoms with van der Waals surface area (Å²) in [5.41, 5.74) is -0.500. The molecule has 0 aliphatic rings. The van der Waals surface area contributed by atoms with Crippen LogP contribution in [0.1, 0.15) is 0 Å². The van der Waals surface area contributed by atoms with Gasteiger partial charge in [-0.1, -0.05) is 6.07 Å². The molecule has 0 atom stereocenters. The molecular weight excluding hydrogens is 264 g/mol. The van der Waals surface area contributed by atoms with Crippen LogP contribution in [0.25, 0.3) is 0 Å². The van der Waals surface area contributed by atoms with Gasteiger partial charge < -0.3 is 4.74 Å². The standard InChI is InChI=1S/C7H4BrF2NO3/c8-4-2-1-3-5(11(12)13)6(4)14-7(9)10/h1-3,7H. The highest BCUT2D eigenvalue weighted by Crippen LogP contribution is 2.35. The summed E-state index contributed by atoms with van der Waals surface area (Å²) in [6.45, 7) is -3.09. The zero-order valence-corrected chi connectivity index (χ0v) is 8.20. The fourth-order valence-electron chi connectivity index (χ4n) is 0.847. The molecule has 1 rings (SSSR count). The number of rotatable bonds is 3. The molecule has 0 saturated heterocycles. The van der Waals surface area contributed by atoms with Gasteiger partial charge in [-0.25, -0.2) is 0 Å². The number of alkyl halides is 2. The lowest BCUT2D eigenvalue weighted by molar-refractivity contribution is -0.386. The highest BCUT2D eigenvalue weighted by Gasteiger charge is 2.20. The number of nitrogens with zero attached hydrogens (tertiary/aromatic N) is 1. The molecule has 0 N–H and O–H groups in total. The molecule has 76 valence electrons. The molecule has 0 fully saturated rings. The van der Waals surface area contributed by atoms with Gasteiger partial charge in [-0.05, 0) is 22.0 Å². The third-order valence-corrected chi connectivity index (χ3v) is 1.97. The Labute approximate surface area is 85.8 Å². The van der Waals surface area contributed by atoms with Crippen molar-refractivity contribution in [3.05, 3.63) is 32.8 Å². The van der Waals surface area contributed by atoms with E-state index in [1.165, 1.54) is 12.1 Å². The minimum atomic E-state index is -3.09. The van der Waals surface area contributed by atoms with Crippen molar-refractivity contribution >= 4 is 21.6 Å². The first kappa shape index (κ1) is 10.8. The number of hydrogen-bond acceptors (Lipinski definition) is 3. The Hall–Kier alpha value is -1.24. The third kappa shape index (κ3) is 2.38. The van der Waals surface area contributed by atoms with Gasteiger partial charge in [0, 0.05) is 6.07 Å². The highest BCUT2D eigenvalue weighted by atomic mass is 79.9. The summed E-state index contributed by atoms with van der Waals surface area (Å²) in [4.78, 5) is 9.63. The fourth-order valence-corrected chi connectivity index (χ4v) is 1.30. The maximum Gasteiger partial charge on any atom is 0.387 e. The largest absolute Gasteiger partial charge is 0.426 e. The minimum Gasteiger partial charge on any atom is -0.426 e. The number of ether oxygens (including phenoxy) is 1. The predicted molar refractivity (Wildman–Crippen MR) is 47.4 cm³/mol. The van der Waals surface area contributed by atoms with Crippen molar-refractivity contribution in [2.24, 2.45) is 0 Å². The van der Waals surface area contributed by atoms with E-state index >= 15 is 0 Å². The molecule has 1 aromatic carbocycles. The van der Waals surface area contributed by atoms with Crippen molar-refractivity contribution in [2.75, 3.05) is 0 Å². The first-order valence-corrected chi connectivity index (χ1v) is 4.19. The monoisotopic (exact) mass is 267 g/mol. The zero-order valence-electron chi connectivity index (χ0n) is 6.62. The van der Waals surface area contributed by atoms with Crippen molar-refractivity contribution in [1.29, 1.82) is 0 Å². The van der Waals surface area contributed by atoms with Gasteiger partial charge in [0.25, 0.3) is 0 Å². The summed E-state index contributed by atoms with van der Waals surface area (Å²) < 4.78 is 27.9. The number of halogens is 3. The lowest BCUT2D eigenvalue weighted by atomic mass is 10.3. The zero-order chi connectivity index (χ0) is 10.7. The lowest BCUT2D eigenvalue weighted by Crippen LogP contribution is -2.05. The van der Waals surface area contributed by atoms with Crippen LogP contribution < -0.4 is 4.74 Å². The molecule has 14 heavy (non-hydrogen) atoms. The van der Waals surface area contributed by atoms with Gasteiger partial charge in [-0.2, -0.15) is 8.78 Å². The number of nitro groups is 1. The van der Waals surface area contributed by atoms with E-state index < -0.39 is 23.0 Å². The summed E-state index contributed by atoms with van der Waals surface area (Å²) in [7, 11) is 0. The van der Waals surface area contributed by atoms with Gasteiger partial charge >= 0.3 is 12.3 Å². The SMILES string of the molecule is O=[N+]([O-])c1cccc(Br)c1OC(F)F. The summed E-state index contributed by atoms with van der Waals surface area (Å²) in [6.07, 6.45) is 0. The van der Waals surface area contributed by atoms with E-state index in [-0.39, 0.29) is 4.47 Å². The Balaban J connectivity index is 3.15. The molecule has 0 bridgehead atoms. The molecule has 0 radical (unpaired) electrons. The molecule has 0 amide bonds. The highest BCUT2D eigenvalue weighted by molar-refractivity contribution is 9.10. The molecule has 0 aliphatic heterocycles. The summed E-state index contributed by atoms with van der Waals surface area (Å²) >= 11 is 2.88. The van der Waals surface area contributed by atoms with Crippen LogP contribution in [0.15, 0.2) is 22.7 Å². The van der Waals surface area contributed by atoms with Gasteiger partial charge in [-0.15, -0.1) is 0 Å². The minimum absolute atomic E-state index is 0.118. The third-order valence-electron chi connectivity index (χ3n) is 1.35. The normalized spacial score (nSPS) is 10.3. The van der Waals surface area contributed by atoms with Gasteiger partial charge in [0.2, 0.25) is 5.75 Å². The first-order chi connectivity index (χ1) is 6.52. The molecule has 0 spiro atoms. The molecule has 1 aromatic rings. The molecule has 0 unspecified atom stereocenters. The van der Waals surface area contributed by atoms with Crippen LogP contribution in [-0.2, 0) is 0 Å². The summed E-state index contributed by atoms with van der Waals surface area (Å²) in [6, 6.07) is 3.83. The number of hydrogen-bond donors (Lipinski definition) is 0. The maximum absolute atomic E-state index is 11.9. The average Bonchev–Trinajstić information content (AvgIpc) is 2.07. The van der Waals surface area contributed by atoms with Crippen LogP contribution in [0, 0.1) is 10.1 Å². The second-order valence-electron chi connectivity index (χ2n) is 2.22. The second-order valence-corrected chi connectivity index (χ2v) is 3.08. The quantitative estimate of drug-likeness (QED) is 0.625. The van der Waals surface area contributed by atoms with Gasteiger partial charge in [0.05, 0.1) is 9.40 Å². The van der Waals surface area contributed by atoms with E-state index in [2.05, 4.69) is 20.7 Å². The fraction of sp³-hybridized carbons (Fsp3) is 0.143. The van der Waals surface area contributed by atoms with Crippen LogP contribution in [0.2, 0.25) is 0 Å². The number of benzene rings is 1. The Morgan fingerprint density at radius 2 is 2.14 bits per heavy atom. The molecular formula is C7H4BrF2NO3. The molecule has 7 heteroatoms. The Kier molecular flexibility index (Phi) is 3.34. The van der Waals surface area contributed by atoms with E-state index in [0.29, 0.717) is 0 Å². The van der Waals surface area contributed by atoms with E-state index in [9.17, 15) is 18.9 Å². The van der Waals surface area contributed by atoms with Gasteiger partial charge in [0.1, 0.15) is 0 Å². The van der Waals surface area contributed by atoms with Crippen molar-refractivity contribution in [3.8, 4) is 5.75 Å². The molecule has 0 heterocycles. The Bertz CT molecular complexity index is 359. The van der Waals surface area contributed by atoms with Crippen LogP contribution >= 0.6 is 15.9 Å². The summed E-state index contributed by atoms with van der Waals surface area (Å²) in [5.74, 6) is -0.465. The van der Waals surface area contributed by atoms with E-state index in [4.69, 9.17) is 0 Å². The van der Waals surface area contributed by atoms with E-state index in [1.54, 1.807) is 0 Å². The van der Waals surface area contributed by atoms with Crippen molar-refractivity contribution < 1.29 is 18.4 Å². The molecule has 4 nitrogen and oxygen atoms in total. The topological polar surface area (TPSA) is 52.4 Å². The predicted octanol–water partition coefficient (Wildman–Crippen LogP) is 2.96. The Morgan fingerprint density at radius 3 is 2.64 bits per heavy atom.